The van der Waals surface area contributed by atoms with Crippen molar-refractivity contribution >= 4 is 22.9 Å². The van der Waals surface area contributed by atoms with Gasteiger partial charge in [-0.25, -0.2) is 0 Å². The van der Waals surface area contributed by atoms with Gasteiger partial charge >= 0.3 is 0 Å². The van der Waals surface area contributed by atoms with E-state index in [9.17, 15) is 4.39 Å². The lowest BCUT2D eigenvalue weighted by Gasteiger charge is -2.14. The first kappa shape index (κ1) is 12.6. The van der Waals surface area contributed by atoms with Crippen LogP contribution in [-0.2, 0) is 0 Å². The Morgan fingerprint density at radius 2 is 2.29 bits per heavy atom. The minimum atomic E-state index is -0.316. The highest BCUT2D eigenvalue weighted by Crippen LogP contribution is 2.31. The van der Waals surface area contributed by atoms with Crippen molar-refractivity contribution in [2.45, 2.75) is 12.5 Å². The summed E-state index contributed by atoms with van der Waals surface area (Å²) in [6.45, 7) is 0.292. The largest absolute Gasteiger partial charge is 0.467 e. The van der Waals surface area contributed by atoms with Gasteiger partial charge in [0, 0.05) is 4.88 Å². The van der Waals surface area contributed by atoms with E-state index in [1.165, 1.54) is 11.3 Å². The molecule has 2 nitrogen and oxygen atoms in total. The smallest absolute Gasteiger partial charge is 0.126 e. The molecule has 1 atom stereocenters. The lowest BCUT2D eigenvalue weighted by atomic mass is 10.2. The van der Waals surface area contributed by atoms with Gasteiger partial charge in [-0.2, -0.15) is 0 Å². The summed E-state index contributed by atoms with van der Waals surface area (Å²) in [5, 5.41) is 3.27. The highest BCUT2D eigenvalue weighted by Gasteiger charge is 2.17. The van der Waals surface area contributed by atoms with Crippen LogP contribution in [0.5, 0.6) is 0 Å². The monoisotopic (exact) mass is 273 g/mol. The van der Waals surface area contributed by atoms with Gasteiger partial charge in [-0.1, -0.05) is 11.6 Å². The van der Waals surface area contributed by atoms with Crippen LogP contribution >= 0.6 is 22.9 Å². The van der Waals surface area contributed by atoms with Gasteiger partial charge in [0.15, 0.2) is 0 Å². The lowest BCUT2D eigenvalue weighted by Crippen LogP contribution is -2.22. The second-order valence-electron chi connectivity index (χ2n) is 3.59. The van der Waals surface area contributed by atoms with Gasteiger partial charge in [-0.05, 0) is 37.2 Å². The number of alkyl halides is 1. The molecule has 2 aromatic heterocycles. The molecule has 0 amide bonds. The highest BCUT2D eigenvalue weighted by molar-refractivity contribution is 7.16. The van der Waals surface area contributed by atoms with Crippen LogP contribution < -0.4 is 5.32 Å². The van der Waals surface area contributed by atoms with E-state index in [4.69, 9.17) is 16.0 Å². The number of halogens is 2. The van der Waals surface area contributed by atoms with Crippen LogP contribution in [0.3, 0.4) is 0 Å². The summed E-state index contributed by atoms with van der Waals surface area (Å²) >= 11 is 7.43. The van der Waals surface area contributed by atoms with E-state index in [-0.39, 0.29) is 12.7 Å². The second kappa shape index (κ2) is 6.19. The van der Waals surface area contributed by atoms with Gasteiger partial charge in [-0.15, -0.1) is 11.3 Å². The van der Waals surface area contributed by atoms with Crippen LogP contribution in [0, 0.1) is 0 Å². The Hall–Kier alpha value is -0.840. The molecule has 0 aromatic carbocycles. The van der Waals surface area contributed by atoms with Gasteiger partial charge in [0.1, 0.15) is 11.8 Å². The first-order valence-corrected chi connectivity index (χ1v) is 6.58. The predicted molar refractivity (Wildman–Crippen MR) is 68.5 cm³/mol. The number of furan rings is 1. The van der Waals surface area contributed by atoms with E-state index in [2.05, 4.69) is 5.32 Å². The van der Waals surface area contributed by atoms with E-state index >= 15 is 0 Å². The number of hydrogen-bond acceptors (Lipinski definition) is 3. The zero-order chi connectivity index (χ0) is 12.1. The fourth-order valence-electron chi connectivity index (χ4n) is 1.59. The van der Waals surface area contributed by atoms with E-state index in [0.717, 1.165) is 15.0 Å². The maximum absolute atomic E-state index is 12.1. The van der Waals surface area contributed by atoms with Crippen LogP contribution in [0.4, 0.5) is 4.39 Å². The van der Waals surface area contributed by atoms with Crippen molar-refractivity contribution in [3.63, 3.8) is 0 Å². The Balaban J connectivity index is 2.13. The van der Waals surface area contributed by atoms with E-state index in [1.54, 1.807) is 6.26 Å². The van der Waals surface area contributed by atoms with Crippen LogP contribution in [0.25, 0.3) is 0 Å². The minimum absolute atomic E-state index is 0.0472. The Morgan fingerprint density at radius 1 is 1.41 bits per heavy atom. The molecule has 0 aliphatic carbocycles. The van der Waals surface area contributed by atoms with E-state index in [1.807, 2.05) is 24.3 Å². The fraction of sp³-hybridized carbons (Fsp3) is 0.333. The molecular weight excluding hydrogens is 261 g/mol. The van der Waals surface area contributed by atoms with Gasteiger partial charge in [0.05, 0.1) is 17.3 Å². The Morgan fingerprint density at radius 3 is 2.88 bits per heavy atom. The molecule has 0 spiro atoms. The summed E-state index contributed by atoms with van der Waals surface area (Å²) in [5.74, 6) is 0.822. The Labute approximate surface area is 108 Å². The SMILES string of the molecule is FCCCNC(c1ccco1)c1ccc(Cl)s1. The van der Waals surface area contributed by atoms with Crippen molar-refractivity contribution in [1.82, 2.24) is 5.32 Å². The van der Waals surface area contributed by atoms with Crippen LogP contribution in [-0.4, -0.2) is 13.2 Å². The van der Waals surface area contributed by atoms with Crippen LogP contribution in [0.15, 0.2) is 34.9 Å². The third kappa shape index (κ3) is 3.31. The quantitative estimate of drug-likeness (QED) is 0.804. The van der Waals surface area contributed by atoms with Crippen molar-refractivity contribution in [3.8, 4) is 0 Å². The van der Waals surface area contributed by atoms with Crippen LogP contribution in [0.1, 0.15) is 23.1 Å². The number of hydrogen-bond donors (Lipinski definition) is 1. The zero-order valence-corrected chi connectivity index (χ0v) is 10.7. The summed E-state index contributed by atoms with van der Waals surface area (Å²) in [7, 11) is 0. The molecule has 0 fully saturated rings. The predicted octanol–water partition coefficient (Wildman–Crippen LogP) is 4.03. The van der Waals surface area contributed by atoms with Gasteiger partial charge in [0.25, 0.3) is 0 Å². The van der Waals surface area contributed by atoms with Crippen molar-refractivity contribution in [3.05, 3.63) is 45.5 Å². The summed E-state index contributed by atoms with van der Waals surface area (Å²) in [6, 6.07) is 7.51. The van der Waals surface area contributed by atoms with Crippen molar-refractivity contribution < 1.29 is 8.81 Å². The number of nitrogens with one attached hydrogen (secondary N) is 1. The van der Waals surface area contributed by atoms with E-state index in [0.29, 0.717) is 13.0 Å². The average Bonchev–Trinajstić information content (AvgIpc) is 2.96. The highest BCUT2D eigenvalue weighted by atomic mass is 35.5. The maximum atomic E-state index is 12.1. The molecule has 2 heterocycles. The molecule has 17 heavy (non-hydrogen) atoms. The first-order valence-electron chi connectivity index (χ1n) is 5.39. The molecular formula is C12H13ClFNOS. The third-order valence-electron chi connectivity index (χ3n) is 2.37. The molecule has 2 aromatic rings. The molecule has 92 valence electrons. The third-order valence-corrected chi connectivity index (χ3v) is 3.66. The standard InChI is InChI=1S/C12H13ClFNOS/c13-11-5-4-10(17-11)12(15-7-2-6-14)9-3-1-8-16-9/h1,3-5,8,12,15H,2,6-7H2. The van der Waals surface area contributed by atoms with Gasteiger partial charge in [-0.3, -0.25) is 4.39 Å². The molecule has 0 aliphatic rings. The number of thiophene rings is 1. The van der Waals surface area contributed by atoms with Crippen molar-refractivity contribution in [2.24, 2.45) is 0 Å². The fourth-order valence-corrected chi connectivity index (χ4v) is 2.74. The minimum Gasteiger partial charge on any atom is -0.467 e. The summed E-state index contributed by atoms with van der Waals surface area (Å²) < 4.78 is 18.2. The maximum Gasteiger partial charge on any atom is 0.126 e. The molecule has 0 saturated heterocycles. The van der Waals surface area contributed by atoms with Crippen molar-refractivity contribution in [2.75, 3.05) is 13.2 Å². The van der Waals surface area contributed by atoms with Gasteiger partial charge in [0.2, 0.25) is 0 Å². The Kier molecular flexibility index (Phi) is 4.59. The van der Waals surface area contributed by atoms with Crippen molar-refractivity contribution in [1.29, 1.82) is 0 Å². The summed E-state index contributed by atoms with van der Waals surface area (Å²) in [4.78, 5) is 1.07. The molecule has 5 heteroatoms. The van der Waals surface area contributed by atoms with E-state index < -0.39 is 0 Å². The first-order chi connectivity index (χ1) is 8.31. The topological polar surface area (TPSA) is 25.2 Å². The molecule has 1 unspecified atom stereocenters. The lowest BCUT2D eigenvalue weighted by molar-refractivity contribution is 0.420. The molecule has 2 rings (SSSR count). The molecule has 0 bridgehead atoms. The Bertz CT molecular complexity index is 443. The molecule has 0 radical (unpaired) electrons. The molecule has 0 aliphatic heterocycles. The molecule has 1 N–H and O–H groups in total. The second-order valence-corrected chi connectivity index (χ2v) is 5.33. The zero-order valence-electron chi connectivity index (χ0n) is 9.16. The number of rotatable bonds is 6. The summed E-state index contributed by atoms with van der Waals surface area (Å²) in [6.07, 6.45) is 2.13. The summed E-state index contributed by atoms with van der Waals surface area (Å²) in [5.41, 5.74) is 0. The normalized spacial score (nSPS) is 12.8. The van der Waals surface area contributed by atoms with Gasteiger partial charge < -0.3 is 9.73 Å². The average molecular weight is 274 g/mol. The van der Waals surface area contributed by atoms with Crippen LogP contribution in [0.2, 0.25) is 4.34 Å². The molecule has 0 saturated carbocycles.